The highest BCUT2D eigenvalue weighted by Crippen LogP contribution is 2.16. The first-order valence-corrected chi connectivity index (χ1v) is 9.25. The molecule has 1 aliphatic heterocycles. The predicted molar refractivity (Wildman–Crippen MR) is 107 cm³/mol. The fraction of sp³-hybridized carbons (Fsp3) is 0.500. The molecule has 3 atom stereocenters. The average Bonchev–Trinajstić information content (AvgIpc) is 3.08. The summed E-state index contributed by atoms with van der Waals surface area (Å²) in [4.78, 5) is 20.7. The van der Waals surface area contributed by atoms with Gasteiger partial charge in [0.05, 0.1) is 12.6 Å². The molecular weight excluding hydrogens is 342 g/mol. The number of hydrogen-bond donors (Lipinski definition) is 1. The maximum atomic E-state index is 12.1. The van der Waals surface area contributed by atoms with Crippen molar-refractivity contribution in [2.75, 3.05) is 0 Å². The van der Waals surface area contributed by atoms with Crippen molar-refractivity contribution < 1.29 is 9.21 Å². The Kier molecular flexibility index (Phi) is 7.52. The molecule has 2 heterocycles. The molecule has 0 spiro atoms. The zero-order valence-electron chi connectivity index (χ0n) is 16.7. The van der Waals surface area contributed by atoms with Crippen molar-refractivity contribution in [2.24, 2.45) is 16.0 Å². The standard InChI is InChI=1S/C20H29N5O2/c1-14(12-20-21-10-11-27-20)6-7-15(2)24-19(26)8-9-22-25-17(4)13-16(3)23-18(25)5/h6-7,9-11,13-15,18H,8,12H2,1-5H3,(H,24,26)/b7-6-,22-9-. The maximum absolute atomic E-state index is 12.1. The highest BCUT2D eigenvalue weighted by molar-refractivity contribution is 5.94. The Hall–Kier alpha value is -2.70. The highest BCUT2D eigenvalue weighted by Gasteiger charge is 2.16. The van der Waals surface area contributed by atoms with Crippen molar-refractivity contribution in [2.45, 2.75) is 59.7 Å². The number of oxazole rings is 1. The molecule has 3 unspecified atom stereocenters. The van der Waals surface area contributed by atoms with Gasteiger partial charge >= 0.3 is 0 Å². The van der Waals surface area contributed by atoms with Crippen LogP contribution in [0, 0.1) is 5.92 Å². The van der Waals surface area contributed by atoms with Crippen LogP contribution < -0.4 is 5.32 Å². The lowest BCUT2D eigenvalue weighted by Gasteiger charge is -2.27. The number of hydrazone groups is 1. The van der Waals surface area contributed by atoms with Gasteiger partial charge in [-0.1, -0.05) is 19.1 Å². The molecule has 0 radical (unpaired) electrons. The van der Waals surface area contributed by atoms with Gasteiger partial charge in [-0.15, -0.1) is 0 Å². The number of carbonyl (C=O) groups excluding carboxylic acids is 1. The molecule has 0 saturated carbocycles. The SMILES string of the molecule is CC1=CC(C)=NC(C)N1/N=C\CC(=O)NC(C)/C=C\C(C)Cc1ncco1. The van der Waals surface area contributed by atoms with Crippen LogP contribution in [0.5, 0.6) is 0 Å². The minimum Gasteiger partial charge on any atom is -0.449 e. The van der Waals surface area contributed by atoms with Crippen LogP contribution in [0.2, 0.25) is 0 Å². The summed E-state index contributed by atoms with van der Waals surface area (Å²) in [6.07, 6.45) is 11.8. The minimum atomic E-state index is -0.0674. The molecule has 0 aliphatic carbocycles. The Morgan fingerprint density at radius 1 is 1.41 bits per heavy atom. The third-order valence-corrected chi connectivity index (χ3v) is 4.10. The summed E-state index contributed by atoms with van der Waals surface area (Å²) >= 11 is 0. The van der Waals surface area contributed by atoms with Crippen LogP contribution in [-0.4, -0.2) is 40.0 Å². The molecule has 0 bridgehead atoms. The van der Waals surface area contributed by atoms with Crippen LogP contribution in [0.4, 0.5) is 0 Å². The number of hydrogen-bond acceptors (Lipinski definition) is 6. The zero-order chi connectivity index (χ0) is 19.8. The van der Waals surface area contributed by atoms with Crippen molar-refractivity contribution in [1.29, 1.82) is 0 Å². The number of aromatic nitrogens is 1. The molecule has 1 aliphatic rings. The molecule has 0 fully saturated rings. The molecule has 1 N–H and O–H groups in total. The molecule has 2 rings (SSSR count). The number of amides is 1. The van der Waals surface area contributed by atoms with E-state index in [4.69, 9.17) is 4.42 Å². The van der Waals surface area contributed by atoms with Gasteiger partial charge < -0.3 is 9.73 Å². The van der Waals surface area contributed by atoms with Crippen LogP contribution >= 0.6 is 0 Å². The average molecular weight is 371 g/mol. The molecular formula is C20H29N5O2. The van der Waals surface area contributed by atoms with Gasteiger partial charge in [-0.05, 0) is 39.7 Å². The van der Waals surface area contributed by atoms with E-state index in [0.717, 1.165) is 23.7 Å². The van der Waals surface area contributed by atoms with Crippen LogP contribution in [0.3, 0.4) is 0 Å². The molecule has 146 valence electrons. The van der Waals surface area contributed by atoms with E-state index < -0.39 is 0 Å². The normalized spacial score (nSPS) is 19.9. The monoisotopic (exact) mass is 371 g/mol. The lowest BCUT2D eigenvalue weighted by molar-refractivity contribution is -0.120. The zero-order valence-corrected chi connectivity index (χ0v) is 16.7. The van der Waals surface area contributed by atoms with Crippen LogP contribution in [0.1, 0.15) is 46.9 Å². The molecule has 7 nitrogen and oxygen atoms in total. The van der Waals surface area contributed by atoms with E-state index in [0.29, 0.717) is 0 Å². The fourth-order valence-corrected chi connectivity index (χ4v) is 2.86. The van der Waals surface area contributed by atoms with E-state index in [-0.39, 0.29) is 30.5 Å². The van der Waals surface area contributed by atoms with Crippen molar-refractivity contribution in [3.8, 4) is 0 Å². The van der Waals surface area contributed by atoms with Crippen molar-refractivity contribution in [3.63, 3.8) is 0 Å². The minimum absolute atomic E-state index is 0.0543. The van der Waals surface area contributed by atoms with Gasteiger partial charge in [-0.2, -0.15) is 5.10 Å². The molecule has 27 heavy (non-hydrogen) atoms. The Balaban J connectivity index is 1.74. The van der Waals surface area contributed by atoms with E-state index in [1.807, 2.05) is 44.9 Å². The Morgan fingerprint density at radius 2 is 2.19 bits per heavy atom. The quantitative estimate of drug-likeness (QED) is 0.561. The number of nitrogens with one attached hydrogen (secondary N) is 1. The van der Waals surface area contributed by atoms with Crippen molar-refractivity contribution >= 4 is 17.8 Å². The number of rotatable bonds is 8. The van der Waals surface area contributed by atoms with Gasteiger partial charge in [0.25, 0.3) is 0 Å². The first-order valence-electron chi connectivity index (χ1n) is 9.25. The summed E-state index contributed by atoms with van der Waals surface area (Å²) in [7, 11) is 0. The number of aliphatic imine (C=N–C) groups is 1. The van der Waals surface area contributed by atoms with Gasteiger partial charge in [0.15, 0.2) is 5.89 Å². The summed E-state index contributed by atoms with van der Waals surface area (Å²) in [6.45, 7) is 9.96. The summed E-state index contributed by atoms with van der Waals surface area (Å²) in [5.41, 5.74) is 2.00. The second-order valence-corrected chi connectivity index (χ2v) is 6.88. The van der Waals surface area contributed by atoms with Gasteiger partial charge in [0.1, 0.15) is 12.4 Å². The summed E-state index contributed by atoms with van der Waals surface area (Å²) in [5.74, 6) is 0.932. The molecule has 0 aromatic carbocycles. The summed E-state index contributed by atoms with van der Waals surface area (Å²) in [5, 5.41) is 9.14. The Labute approximate surface area is 160 Å². The Bertz CT molecular complexity index is 734. The lowest BCUT2D eigenvalue weighted by atomic mass is 10.1. The van der Waals surface area contributed by atoms with Gasteiger partial charge in [-0.3, -0.25) is 9.79 Å². The third kappa shape index (κ3) is 6.84. The molecule has 1 aromatic rings. The van der Waals surface area contributed by atoms with Gasteiger partial charge in [0.2, 0.25) is 5.91 Å². The predicted octanol–water partition coefficient (Wildman–Crippen LogP) is 3.32. The second-order valence-electron chi connectivity index (χ2n) is 6.88. The second kappa shape index (κ2) is 9.85. The first-order chi connectivity index (χ1) is 12.8. The summed E-state index contributed by atoms with van der Waals surface area (Å²) in [6, 6.07) is -0.0549. The van der Waals surface area contributed by atoms with E-state index in [2.05, 4.69) is 33.4 Å². The smallest absolute Gasteiger partial charge is 0.225 e. The van der Waals surface area contributed by atoms with Crippen molar-refractivity contribution in [3.05, 3.63) is 42.3 Å². The van der Waals surface area contributed by atoms with Crippen LogP contribution in [0.15, 0.2) is 50.9 Å². The fourth-order valence-electron chi connectivity index (χ4n) is 2.86. The van der Waals surface area contributed by atoms with E-state index >= 15 is 0 Å². The Morgan fingerprint density at radius 3 is 2.85 bits per heavy atom. The van der Waals surface area contributed by atoms with Gasteiger partial charge in [-0.25, -0.2) is 9.99 Å². The molecule has 0 saturated heterocycles. The highest BCUT2D eigenvalue weighted by atomic mass is 16.3. The number of nitrogens with zero attached hydrogens (tertiary/aromatic N) is 4. The molecule has 7 heteroatoms. The molecule has 1 aromatic heterocycles. The van der Waals surface area contributed by atoms with E-state index in [9.17, 15) is 4.79 Å². The van der Waals surface area contributed by atoms with Crippen LogP contribution in [0.25, 0.3) is 0 Å². The van der Waals surface area contributed by atoms with Crippen LogP contribution in [-0.2, 0) is 11.2 Å². The topological polar surface area (TPSA) is 83.1 Å². The molecule has 1 amide bonds. The first kappa shape index (κ1) is 20.6. The number of allylic oxidation sites excluding steroid dienone is 3. The lowest BCUT2D eigenvalue weighted by Crippen LogP contribution is -2.32. The maximum Gasteiger partial charge on any atom is 0.225 e. The largest absolute Gasteiger partial charge is 0.449 e. The summed E-state index contributed by atoms with van der Waals surface area (Å²) < 4.78 is 5.25. The third-order valence-electron chi connectivity index (χ3n) is 4.10. The van der Waals surface area contributed by atoms with Crippen molar-refractivity contribution in [1.82, 2.24) is 15.3 Å². The van der Waals surface area contributed by atoms with E-state index in [1.54, 1.807) is 18.7 Å². The number of carbonyl (C=O) groups is 1. The van der Waals surface area contributed by atoms with Gasteiger partial charge in [0, 0.05) is 30.1 Å². The van der Waals surface area contributed by atoms with E-state index in [1.165, 1.54) is 0 Å².